The van der Waals surface area contributed by atoms with Crippen LogP contribution in [-0.4, -0.2) is 58.1 Å². The fourth-order valence-electron chi connectivity index (χ4n) is 5.45. The maximum Gasteiger partial charge on any atom is 0.326 e. The molecule has 2 aliphatic heterocycles. The minimum atomic E-state index is -0.742. The zero-order valence-electron chi connectivity index (χ0n) is 20.6. The largest absolute Gasteiger partial charge is 0.459 e. The number of rotatable bonds is 3. The van der Waals surface area contributed by atoms with Crippen LogP contribution in [0.15, 0.2) is 42.6 Å². The molecule has 0 radical (unpaired) electrons. The van der Waals surface area contributed by atoms with E-state index in [2.05, 4.69) is 10.2 Å². The molecule has 0 saturated carbocycles. The molecule has 8 nitrogen and oxygen atoms in total. The molecule has 1 saturated heterocycles. The molecule has 0 aliphatic carbocycles. The number of hydrogen-bond acceptors (Lipinski definition) is 5. The molecule has 1 spiro atoms. The summed E-state index contributed by atoms with van der Waals surface area (Å²) in [6.07, 6.45) is 2.72. The molecule has 3 heterocycles. The van der Waals surface area contributed by atoms with E-state index in [1.807, 2.05) is 62.9 Å². The summed E-state index contributed by atoms with van der Waals surface area (Å²) < 4.78 is 5.50. The molecule has 0 bridgehead atoms. The van der Waals surface area contributed by atoms with Crippen molar-refractivity contribution in [3.05, 3.63) is 59.3 Å². The minimum absolute atomic E-state index is 0.0518. The molecule has 182 valence electrons. The molecule has 2 amide bonds. The van der Waals surface area contributed by atoms with Gasteiger partial charge in [0, 0.05) is 29.7 Å². The number of hydrogen-bond donors (Lipinski definition) is 1. The number of amides is 2. The summed E-state index contributed by atoms with van der Waals surface area (Å²) in [5, 5.41) is 7.81. The van der Waals surface area contributed by atoms with Crippen molar-refractivity contribution in [3.8, 4) is 0 Å². The van der Waals surface area contributed by atoms with Crippen LogP contribution in [0, 0.1) is 6.92 Å². The van der Waals surface area contributed by atoms with E-state index in [-0.39, 0.29) is 18.4 Å². The summed E-state index contributed by atoms with van der Waals surface area (Å²) in [7, 11) is 0. The Morgan fingerprint density at radius 2 is 1.89 bits per heavy atom. The number of likely N-dealkylation sites (tertiary alicyclic amines) is 1. The molecule has 0 unspecified atom stereocenters. The van der Waals surface area contributed by atoms with E-state index in [0.29, 0.717) is 31.5 Å². The normalized spacial score (nSPS) is 17.2. The predicted octanol–water partition coefficient (Wildman–Crippen LogP) is 3.73. The van der Waals surface area contributed by atoms with Crippen molar-refractivity contribution in [1.82, 2.24) is 15.1 Å². The molecule has 8 heteroatoms. The van der Waals surface area contributed by atoms with Gasteiger partial charge in [-0.3, -0.25) is 19.5 Å². The molecular weight excluding hydrogens is 444 g/mol. The van der Waals surface area contributed by atoms with Gasteiger partial charge < -0.3 is 14.5 Å². The number of aryl methyl sites for hydroxylation is 1. The van der Waals surface area contributed by atoms with Crippen molar-refractivity contribution in [2.45, 2.75) is 51.6 Å². The van der Waals surface area contributed by atoms with Crippen LogP contribution in [0.1, 0.15) is 55.1 Å². The first-order valence-corrected chi connectivity index (χ1v) is 12.0. The standard InChI is InChI=1S/C27H30N4O4/c1-17-6-5-7-21-23(17)27(25(34)31(21)16-22(32)35-26(2,3)4)10-12-30(13-11-27)24(33)18-8-9-20-19(14-18)15-28-29-20/h5-9,14-15H,10-13,16H2,1-4H3,(H,28,29). The lowest BCUT2D eigenvalue weighted by Crippen LogP contribution is -2.51. The summed E-state index contributed by atoms with van der Waals surface area (Å²) in [6, 6.07) is 11.3. The lowest BCUT2D eigenvalue weighted by molar-refractivity contribution is -0.153. The van der Waals surface area contributed by atoms with Crippen molar-refractivity contribution in [2.24, 2.45) is 0 Å². The van der Waals surface area contributed by atoms with Crippen LogP contribution in [0.4, 0.5) is 5.69 Å². The number of aromatic nitrogens is 2. The molecule has 1 N–H and O–H groups in total. The molecular formula is C27H30N4O4. The molecule has 1 aromatic heterocycles. The second-order valence-electron chi connectivity index (χ2n) is 10.5. The van der Waals surface area contributed by atoms with Crippen molar-refractivity contribution in [3.63, 3.8) is 0 Å². The van der Waals surface area contributed by atoms with Gasteiger partial charge in [-0.05, 0) is 75.9 Å². The number of esters is 1. The van der Waals surface area contributed by atoms with Crippen LogP contribution >= 0.6 is 0 Å². The molecule has 35 heavy (non-hydrogen) atoms. The third-order valence-corrected chi connectivity index (χ3v) is 6.97. The van der Waals surface area contributed by atoms with Gasteiger partial charge in [-0.15, -0.1) is 0 Å². The number of nitrogens with zero attached hydrogens (tertiary/aromatic N) is 3. The Kier molecular flexibility index (Phi) is 5.42. The average molecular weight is 475 g/mol. The van der Waals surface area contributed by atoms with E-state index in [1.165, 1.54) is 0 Å². The summed E-state index contributed by atoms with van der Waals surface area (Å²) >= 11 is 0. The van der Waals surface area contributed by atoms with E-state index < -0.39 is 17.0 Å². The van der Waals surface area contributed by atoms with Gasteiger partial charge in [-0.25, -0.2) is 0 Å². The zero-order valence-corrected chi connectivity index (χ0v) is 20.6. The predicted molar refractivity (Wildman–Crippen MR) is 132 cm³/mol. The second kappa shape index (κ2) is 8.22. The van der Waals surface area contributed by atoms with Gasteiger partial charge >= 0.3 is 5.97 Å². The van der Waals surface area contributed by atoms with Crippen LogP contribution in [0.3, 0.4) is 0 Å². The van der Waals surface area contributed by atoms with E-state index in [0.717, 1.165) is 27.7 Å². The van der Waals surface area contributed by atoms with E-state index >= 15 is 0 Å². The zero-order chi connectivity index (χ0) is 25.0. The third kappa shape index (κ3) is 3.96. The number of piperidine rings is 1. The maximum absolute atomic E-state index is 13.9. The first kappa shape index (κ1) is 23.1. The van der Waals surface area contributed by atoms with Gasteiger partial charge in [0.25, 0.3) is 5.91 Å². The highest BCUT2D eigenvalue weighted by Crippen LogP contribution is 2.49. The fourth-order valence-corrected chi connectivity index (χ4v) is 5.45. The number of anilines is 1. The summed E-state index contributed by atoms with van der Waals surface area (Å²) in [4.78, 5) is 43.1. The number of carbonyl (C=O) groups excluding carboxylic acids is 3. The Labute approximate surface area is 204 Å². The Morgan fingerprint density at radius 1 is 1.14 bits per heavy atom. The first-order chi connectivity index (χ1) is 16.6. The summed E-state index contributed by atoms with van der Waals surface area (Å²) in [6.45, 7) is 8.24. The van der Waals surface area contributed by atoms with Crippen LogP contribution < -0.4 is 4.90 Å². The highest BCUT2D eigenvalue weighted by molar-refractivity contribution is 6.11. The number of ether oxygens (including phenoxy) is 1. The van der Waals surface area contributed by atoms with E-state index in [1.54, 1.807) is 17.2 Å². The number of fused-ring (bicyclic) bond motifs is 3. The summed E-state index contributed by atoms with van der Waals surface area (Å²) in [5.74, 6) is -0.568. The van der Waals surface area contributed by atoms with Crippen LogP contribution in [0.25, 0.3) is 10.9 Å². The highest BCUT2D eigenvalue weighted by atomic mass is 16.6. The second-order valence-corrected chi connectivity index (χ2v) is 10.5. The first-order valence-electron chi connectivity index (χ1n) is 12.0. The Morgan fingerprint density at radius 3 is 2.60 bits per heavy atom. The Bertz CT molecular complexity index is 1330. The maximum atomic E-state index is 13.9. The fraction of sp³-hybridized carbons (Fsp3) is 0.407. The van der Waals surface area contributed by atoms with Crippen molar-refractivity contribution in [1.29, 1.82) is 0 Å². The molecule has 2 aliphatic rings. The average Bonchev–Trinajstić information content (AvgIpc) is 3.36. The van der Waals surface area contributed by atoms with Crippen LogP contribution in [-0.2, 0) is 19.7 Å². The van der Waals surface area contributed by atoms with Crippen LogP contribution in [0.5, 0.6) is 0 Å². The quantitative estimate of drug-likeness (QED) is 0.584. The summed E-state index contributed by atoms with van der Waals surface area (Å²) in [5.41, 5.74) is 2.88. The van der Waals surface area contributed by atoms with Gasteiger partial charge in [0.1, 0.15) is 12.1 Å². The molecule has 2 aromatic carbocycles. The van der Waals surface area contributed by atoms with Crippen molar-refractivity contribution >= 4 is 34.4 Å². The Hall–Kier alpha value is -3.68. The number of nitrogens with one attached hydrogen (secondary N) is 1. The smallest absolute Gasteiger partial charge is 0.326 e. The monoisotopic (exact) mass is 474 g/mol. The lowest BCUT2D eigenvalue weighted by atomic mass is 9.72. The van der Waals surface area contributed by atoms with Gasteiger partial charge in [0.05, 0.1) is 17.1 Å². The van der Waals surface area contributed by atoms with Gasteiger partial charge in [0.2, 0.25) is 5.91 Å². The SMILES string of the molecule is Cc1cccc2c1C1(CCN(C(=O)c3ccc4[nH]ncc4c3)CC1)C(=O)N2CC(=O)OC(C)(C)C. The highest BCUT2D eigenvalue weighted by Gasteiger charge is 2.53. The molecule has 1 fully saturated rings. The topological polar surface area (TPSA) is 95.6 Å². The molecule has 0 atom stereocenters. The minimum Gasteiger partial charge on any atom is -0.459 e. The number of aromatic amines is 1. The number of carbonyl (C=O) groups is 3. The third-order valence-electron chi connectivity index (χ3n) is 6.97. The van der Waals surface area contributed by atoms with Crippen molar-refractivity contribution < 1.29 is 19.1 Å². The number of H-pyrrole nitrogens is 1. The molecule has 5 rings (SSSR count). The van der Waals surface area contributed by atoms with E-state index in [4.69, 9.17) is 4.74 Å². The van der Waals surface area contributed by atoms with Gasteiger partial charge in [-0.1, -0.05) is 12.1 Å². The van der Waals surface area contributed by atoms with Gasteiger partial charge in [-0.2, -0.15) is 5.10 Å². The Balaban J connectivity index is 1.39. The van der Waals surface area contributed by atoms with E-state index in [9.17, 15) is 14.4 Å². The molecule has 3 aromatic rings. The van der Waals surface area contributed by atoms with Gasteiger partial charge in [0.15, 0.2) is 0 Å². The van der Waals surface area contributed by atoms with Crippen molar-refractivity contribution in [2.75, 3.05) is 24.5 Å². The van der Waals surface area contributed by atoms with Crippen LogP contribution in [0.2, 0.25) is 0 Å². The number of benzene rings is 2. The lowest BCUT2D eigenvalue weighted by Gasteiger charge is -2.39.